The topological polar surface area (TPSA) is 12.0 Å². The Morgan fingerprint density at radius 3 is 2.86 bits per heavy atom. The molecule has 14 heavy (non-hydrogen) atoms. The van der Waals surface area contributed by atoms with Crippen LogP contribution in [0.3, 0.4) is 0 Å². The smallest absolute Gasteiger partial charge is 0.00434 e. The van der Waals surface area contributed by atoms with E-state index < -0.39 is 0 Å². The van der Waals surface area contributed by atoms with Gasteiger partial charge in [0.15, 0.2) is 0 Å². The van der Waals surface area contributed by atoms with Crippen LogP contribution in [0.4, 0.5) is 0 Å². The molecule has 1 aliphatic heterocycles. The fourth-order valence-electron chi connectivity index (χ4n) is 3.17. The minimum atomic E-state index is 0.608. The maximum Gasteiger partial charge on any atom is -0.00434 e. The zero-order chi connectivity index (χ0) is 9.43. The largest absolute Gasteiger partial charge is 0.317 e. The van der Waals surface area contributed by atoms with Crippen molar-refractivity contribution < 1.29 is 0 Å². The highest BCUT2D eigenvalue weighted by Gasteiger charge is 2.51. The van der Waals surface area contributed by atoms with Gasteiger partial charge >= 0.3 is 0 Å². The lowest BCUT2D eigenvalue weighted by Crippen LogP contribution is -2.29. The molecule has 0 bridgehead atoms. The monoisotopic (exact) mass is 189 g/mol. The molecule has 0 spiro atoms. The quantitative estimate of drug-likeness (QED) is 0.704. The first-order chi connectivity index (χ1) is 6.89. The van der Waals surface area contributed by atoms with Gasteiger partial charge < -0.3 is 5.32 Å². The van der Waals surface area contributed by atoms with Gasteiger partial charge in [-0.1, -0.05) is 24.3 Å². The molecule has 0 radical (unpaired) electrons. The Morgan fingerprint density at radius 2 is 2.07 bits per heavy atom. The number of hydrogen-bond donors (Lipinski definition) is 1. The minimum absolute atomic E-state index is 0.608. The highest BCUT2D eigenvalue weighted by molar-refractivity contribution is 5.29. The molecule has 0 amide bonds. The van der Waals surface area contributed by atoms with Crippen molar-refractivity contribution in [3.05, 3.63) is 24.3 Å². The van der Waals surface area contributed by atoms with Crippen LogP contribution in [0.25, 0.3) is 0 Å². The van der Waals surface area contributed by atoms with E-state index in [4.69, 9.17) is 0 Å². The van der Waals surface area contributed by atoms with Crippen molar-refractivity contribution in [2.45, 2.75) is 25.7 Å². The molecule has 1 heterocycles. The summed E-state index contributed by atoms with van der Waals surface area (Å²) in [6.45, 7) is 2.48. The van der Waals surface area contributed by atoms with Gasteiger partial charge in [-0.15, -0.1) is 0 Å². The van der Waals surface area contributed by atoms with E-state index in [0.29, 0.717) is 5.41 Å². The lowest BCUT2D eigenvalue weighted by molar-refractivity contribution is 0.307. The molecule has 0 aromatic rings. The van der Waals surface area contributed by atoms with Gasteiger partial charge in [0.1, 0.15) is 0 Å². The van der Waals surface area contributed by atoms with Gasteiger partial charge in [-0.25, -0.2) is 0 Å². The van der Waals surface area contributed by atoms with E-state index >= 15 is 0 Å². The first kappa shape index (κ1) is 8.72. The van der Waals surface area contributed by atoms with Crippen LogP contribution >= 0.6 is 0 Å². The molecule has 2 aliphatic carbocycles. The summed E-state index contributed by atoms with van der Waals surface area (Å²) in [4.78, 5) is 0. The van der Waals surface area contributed by atoms with Gasteiger partial charge in [-0.3, -0.25) is 0 Å². The Hall–Kier alpha value is -0.560. The van der Waals surface area contributed by atoms with Crippen LogP contribution in [0.1, 0.15) is 25.7 Å². The molecule has 1 heteroatoms. The van der Waals surface area contributed by atoms with Gasteiger partial charge in [-0.05, 0) is 56.0 Å². The number of hydrogen-bond acceptors (Lipinski definition) is 1. The van der Waals surface area contributed by atoms with E-state index in [9.17, 15) is 0 Å². The second kappa shape index (κ2) is 3.23. The van der Waals surface area contributed by atoms with Crippen LogP contribution in [-0.2, 0) is 0 Å². The summed E-state index contributed by atoms with van der Waals surface area (Å²) in [5.74, 6) is 1.87. The standard InChI is InChI=1S/C13H19N/c1-2-6-13(10-12(13)3-1)9-11-4-7-14-8-5-11/h1-3,6,11-12,14H,4-5,7-10H2. The number of allylic oxidation sites excluding steroid dienone is 4. The first-order valence-corrected chi connectivity index (χ1v) is 5.96. The number of fused-ring (bicyclic) bond motifs is 1. The van der Waals surface area contributed by atoms with E-state index in [-0.39, 0.29) is 0 Å². The normalized spacial score (nSPS) is 41.0. The van der Waals surface area contributed by atoms with E-state index in [2.05, 4.69) is 29.6 Å². The number of piperidine rings is 1. The average molecular weight is 189 g/mol. The Bertz CT molecular complexity index is 273. The molecule has 1 saturated heterocycles. The summed E-state index contributed by atoms with van der Waals surface area (Å²) in [6, 6.07) is 0. The molecular formula is C13H19N. The molecule has 2 unspecified atom stereocenters. The van der Waals surface area contributed by atoms with Crippen LogP contribution in [0, 0.1) is 17.3 Å². The Balaban J connectivity index is 1.62. The third kappa shape index (κ3) is 1.44. The average Bonchev–Trinajstić information content (AvgIpc) is 2.93. The fourth-order valence-corrected chi connectivity index (χ4v) is 3.17. The maximum atomic E-state index is 3.45. The Morgan fingerprint density at radius 1 is 1.21 bits per heavy atom. The van der Waals surface area contributed by atoms with Crippen LogP contribution in [0.2, 0.25) is 0 Å². The summed E-state index contributed by atoms with van der Waals surface area (Å²) in [6.07, 6.45) is 15.0. The molecule has 3 rings (SSSR count). The molecule has 1 saturated carbocycles. The van der Waals surface area contributed by atoms with Crippen LogP contribution < -0.4 is 5.32 Å². The van der Waals surface area contributed by atoms with Crippen LogP contribution in [0.15, 0.2) is 24.3 Å². The molecule has 1 nitrogen and oxygen atoms in total. The maximum absolute atomic E-state index is 3.45. The SMILES string of the molecule is C1=CC2CC2(CC2CCNCC2)C=C1. The second-order valence-corrected chi connectivity index (χ2v) is 5.19. The summed E-state index contributed by atoms with van der Waals surface area (Å²) in [5.41, 5.74) is 0.608. The third-order valence-corrected chi connectivity index (χ3v) is 4.19. The van der Waals surface area contributed by atoms with Gasteiger partial charge in [0.25, 0.3) is 0 Å². The van der Waals surface area contributed by atoms with Gasteiger partial charge in [-0.2, -0.15) is 0 Å². The van der Waals surface area contributed by atoms with E-state index in [0.717, 1.165) is 11.8 Å². The zero-order valence-electron chi connectivity index (χ0n) is 8.71. The third-order valence-electron chi connectivity index (χ3n) is 4.19. The van der Waals surface area contributed by atoms with Gasteiger partial charge in [0, 0.05) is 0 Å². The van der Waals surface area contributed by atoms with E-state index in [1.54, 1.807) is 0 Å². The zero-order valence-corrected chi connectivity index (χ0v) is 8.71. The number of rotatable bonds is 2. The van der Waals surface area contributed by atoms with Gasteiger partial charge in [0.2, 0.25) is 0 Å². The molecular weight excluding hydrogens is 170 g/mol. The Labute approximate surface area is 86.3 Å². The molecule has 1 N–H and O–H groups in total. The lowest BCUT2D eigenvalue weighted by atomic mass is 9.83. The van der Waals surface area contributed by atoms with Crippen molar-refractivity contribution >= 4 is 0 Å². The highest BCUT2D eigenvalue weighted by Crippen LogP contribution is 2.60. The lowest BCUT2D eigenvalue weighted by Gasteiger charge is -2.26. The molecule has 2 fully saturated rings. The van der Waals surface area contributed by atoms with E-state index in [1.807, 2.05) is 0 Å². The van der Waals surface area contributed by atoms with E-state index in [1.165, 1.54) is 38.8 Å². The minimum Gasteiger partial charge on any atom is -0.317 e. The van der Waals surface area contributed by atoms with Crippen LogP contribution in [-0.4, -0.2) is 13.1 Å². The Kier molecular flexibility index (Phi) is 2.01. The van der Waals surface area contributed by atoms with Crippen molar-refractivity contribution in [2.75, 3.05) is 13.1 Å². The predicted molar refractivity (Wildman–Crippen MR) is 59.0 cm³/mol. The predicted octanol–water partition coefficient (Wildman–Crippen LogP) is 2.51. The summed E-state index contributed by atoms with van der Waals surface area (Å²) in [7, 11) is 0. The molecule has 3 aliphatic rings. The first-order valence-electron chi connectivity index (χ1n) is 5.96. The van der Waals surface area contributed by atoms with Crippen molar-refractivity contribution in [1.82, 2.24) is 5.32 Å². The molecule has 0 aromatic carbocycles. The molecule has 0 aromatic heterocycles. The fraction of sp³-hybridized carbons (Fsp3) is 0.692. The highest BCUT2D eigenvalue weighted by atomic mass is 14.9. The van der Waals surface area contributed by atoms with Crippen molar-refractivity contribution in [2.24, 2.45) is 17.3 Å². The summed E-state index contributed by atoms with van der Waals surface area (Å²) >= 11 is 0. The summed E-state index contributed by atoms with van der Waals surface area (Å²) in [5, 5.41) is 3.45. The molecule has 76 valence electrons. The molecule has 2 atom stereocenters. The van der Waals surface area contributed by atoms with Crippen molar-refractivity contribution in [1.29, 1.82) is 0 Å². The van der Waals surface area contributed by atoms with Crippen LogP contribution in [0.5, 0.6) is 0 Å². The van der Waals surface area contributed by atoms with Crippen molar-refractivity contribution in [3.63, 3.8) is 0 Å². The van der Waals surface area contributed by atoms with Gasteiger partial charge in [0.05, 0.1) is 0 Å². The second-order valence-electron chi connectivity index (χ2n) is 5.19. The summed E-state index contributed by atoms with van der Waals surface area (Å²) < 4.78 is 0. The van der Waals surface area contributed by atoms with Crippen molar-refractivity contribution in [3.8, 4) is 0 Å². The number of nitrogens with one attached hydrogen (secondary N) is 1.